The molecule has 0 aromatic heterocycles. The highest BCUT2D eigenvalue weighted by Gasteiger charge is 2.48. The quantitative estimate of drug-likeness (QED) is 0.767. The largest absolute Gasteiger partial charge is 0.328 e. The lowest BCUT2D eigenvalue weighted by molar-refractivity contribution is -0.135. The molecule has 0 radical (unpaired) electrons. The Kier molecular flexibility index (Phi) is 5.72. The number of benzene rings is 2. The van der Waals surface area contributed by atoms with Crippen LogP contribution in [0.3, 0.4) is 0 Å². The minimum Gasteiger partial charge on any atom is -0.328 e. The minimum absolute atomic E-state index is 0.0181. The fourth-order valence-corrected chi connectivity index (χ4v) is 3.90. The minimum atomic E-state index is -1.33. The Bertz CT molecular complexity index is 875. The number of hydrogen-bond acceptors (Lipinski definition) is 3. The van der Waals surface area contributed by atoms with Gasteiger partial charge in [0.05, 0.1) is 11.3 Å². The summed E-state index contributed by atoms with van der Waals surface area (Å²) < 4.78 is 29.6. The lowest BCUT2D eigenvalue weighted by Crippen LogP contribution is -2.45. The molecule has 0 saturated carbocycles. The van der Waals surface area contributed by atoms with Crippen LogP contribution in [0.1, 0.15) is 30.9 Å². The molecule has 0 fully saturated rings. The number of hydrogen-bond donors (Lipinski definition) is 1. The molecular formula is C20H20BrF2N3O. The SMILES string of the molecule is CC(=O)N1N=C(c2cc(Br)ccc2F)C[C@@]1(C[C@H](F)CN)c1ccccc1. The summed E-state index contributed by atoms with van der Waals surface area (Å²) in [6.45, 7) is 1.21. The second-order valence-electron chi connectivity index (χ2n) is 6.61. The van der Waals surface area contributed by atoms with Gasteiger partial charge in [-0.3, -0.25) is 4.79 Å². The Labute approximate surface area is 165 Å². The van der Waals surface area contributed by atoms with Crippen LogP contribution in [0, 0.1) is 5.82 Å². The van der Waals surface area contributed by atoms with Crippen molar-refractivity contribution in [2.24, 2.45) is 10.8 Å². The molecule has 1 aliphatic rings. The first-order valence-corrected chi connectivity index (χ1v) is 9.40. The molecule has 0 bridgehead atoms. The third kappa shape index (κ3) is 3.80. The molecule has 4 nitrogen and oxygen atoms in total. The van der Waals surface area contributed by atoms with E-state index < -0.39 is 17.5 Å². The standard InChI is InChI=1S/C20H20BrF2N3O/c1-13(27)26-20(10-16(22)12-24,14-5-3-2-4-6-14)11-19(25-26)17-9-15(21)7-8-18(17)23/h2-9,16H,10-12,24H2,1H3/t16-,20-/m0/s1. The average molecular weight is 436 g/mol. The Morgan fingerprint density at radius 1 is 1.33 bits per heavy atom. The van der Waals surface area contributed by atoms with Gasteiger partial charge in [0.15, 0.2) is 0 Å². The number of nitrogens with zero attached hydrogens (tertiary/aromatic N) is 2. The number of rotatable bonds is 5. The summed E-state index contributed by atoms with van der Waals surface area (Å²) in [6, 6.07) is 13.7. The maximum absolute atomic E-state index is 14.4. The van der Waals surface area contributed by atoms with Crippen molar-refractivity contribution in [3.8, 4) is 0 Å². The van der Waals surface area contributed by atoms with Crippen LogP contribution in [0.15, 0.2) is 58.1 Å². The zero-order valence-electron chi connectivity index (χ0n) is 14.8. The van der Waals surface area contributed by atoms with Crippen molar-refractivity contribution in [1.29, 1.82) is 0 Å². The van der Waals surface area contributed by atoms with E-state index in [1.165, 1.54) is 18.0 Å². The third-order valence-corrected chi connectivity index (χ3v) is 5.24. The molecule has 0 unspecified atom stereocenters. The Morgan fingerprint density at radius 2 is 2.04 bits per heavy atom. The maximum atomic E-state index is 14.4. The van der Waals surface area contributed by atoms with Gasteiger partial charge in [-0.25, -0.2) is 13.8 Å². The molecule has 2 N–H and O–H groups in total. The molecule has 0 spiro atoms. The van der Waals surface area contributed by atoms with Gasteiger partial charge in [0.2, 0.25) is 5.91 Å². The molecule has 1 heterocycles. The number of halogens is 3. The van der Waals surface area contributed by atoms with Crippen LogP contribution >= 0.6 is 15.9 Å². The highest BCUT2D eigenvalue weighted by Crippen LogP contribution is 2.43. The Morgan fingerprint density at radius 3 is 2.67 bits per heavy atom. The van der Waals surface area contributed by atoms with Crippen LogP contribution in [0.4, 0.5) is 8.78 Å². The van der Waals surface area contributed by atoms with Gasteiger partial charge in [-0.15, -0.1) is 0 Å². The van der Waals surface area contributed by atoms with Gasteiger partial charge in [-0.2, -0.15) is 5.10 Å². The first-order chi connectivity index (χ1) is 12.9. The van der Waals surface area contributed by atoms with Crippen molar-refractivity contribution in [1.82, 2.24) is 5.01 Å². The number of amides is 1. The first kappa shape index (κ1) is 19.6. The molecule has 7 heteroatoms. The lowest BCUT2D eigenvalue weighted by atomic mass is 9.79. The molecule has 1 aliphatic heterocycles. The monoisotopic (exact) mass is 435 g/mol. The van der Waals surface area contributed by atoms with Crippen LogP contribution in [0.5, 0.6) is 0 Å². The van der Waals surface area contributed by atoms with Gasteiger partial charge in [0, 0.05) is 36.3 Å². The number of nitrogens with two attached hydrogens (primary N) is 1. The second kappa shape index (κ2) is 7.86. The van der Waals surface area contributed by atoms with Gasteiger partial charge in [0.25, 0.3) is 0 Å². The molecule has 2 aromatic rings. The molecule has 0 aliphatic carbocycles. The van der Waals surface area contributed by atoms with E-state index in [9.17, 15) is 13.6 Å². The predicted molar refractivity (Wildman–Crippen MR) is 104 cm³/mol. The van der Waals surface area contributed by atoms with E-state index in [0.717, 1.165) is 5.56 Å². The van der Waals surface area contributed by atoms with E-state index in [-0.39, 0.29) is 30.9 Å². The van der Waals surface area contributed by atoms with Crippen molar-refractivity contribution >= 4 is 27.5 Å². The van der Waals surface area contributed by atoms with E-state index in [4.69, 9.17) is 5.73 Å². The summed E-state index contributed by atoms with van der Waals surface area (Å²) in [5, 5.41) is 5.69. The molecule has 1 amide bonds. The first-order valence-electron chi connectivity index (χ1n) is 8.61. The zero-order valence-corrected chi connectivity index (χ0v) is 16.4. The van der Waals surface area contributed by atoms with Gasteiger partial charge in [-0.05, 0) is 23.8 Å². The number of carbonyl (C=O) groups is 1. The molecule has 0 saturated heterocycles. The van der Waals surface area contributed by atoms with Gasteiger partial charge in [-0.1, -0.05) is 46.3 Å². The van der Waals surface area contributed by atoms with Gasteiger partial charge in [0.1, 0.15) is 12.0 Å². The molecule has 142 valence electrons. The van der Waals surface area contributed by atoms with Gasteiger partial charge >= 0.3 is 0 Å². The topological polar surface area (TPSA) is 58.7 Å². The summed E-state index contributed by atoms with van der Waals surface area (Å²) in [4.78, 5) is 12.4. The van der Waals surface area contributed by atoms with Crippen molar-refractivity contribution in [2.75, 3.05) is 6.54 Å². The molecule has 2 aromatic carbocycles. The molecule has 27 heavy (non-hydrogen) atoms. The summed E-state index contributed by atoms with van der Waals surface area (Å²) in [5.74, 6) is -0.784. The molecular weight excluding hydrogens is 416 g/mol. The van der Waals surface area contributed by atoms with Crippen molar-refractivity contribution < 1.29 is 13.6 Å². The Hall–Kier alpha value is -2.12. The van der Waals surface area contributed by atoms with E-state index in [1.807, 2.05) is 30.3 Å². The number of alkyl halides is 1. The maximum Gasteiger partial charge on any atom is 0.240 e. The number of hydrazone groups is 1. The highest BCUT2D eigenvalue weighted by atomic mass is 79.9. The predicted octanol–water partition coefficient (Wildman–Crippen LogP) is 4.13. The van der Waals surface area contributed by atoms with E-state index in [2.05, 4.69) is 21.0 Å². The van der Waals surface area contributed by atoms with Crippen LogP contribution in [-0.2, 0) is 10.3 Å². The molecule has 2 atom stereocenters. The highest BCUT2D eigenvalue weighted by molar-refractivity contribution is 9.10. The normalized spacial score (nSPS) is 20.5. The van der Waals surface area contributed by atoms with Crippen molar-refractivity contribution in [3.63, 3.8) is 0 Å². The van der Waals surface area contributed by atoms with Gasteiger partial charge < -0.3 is 5.73 Å². The van der Waals surface area contributed by atoms with Crippen molar-refractivity contribution in [3.05, 3.63) is 69.9 Å². The van der Waals surface area contributed by atoms with Crippen LogP contribution in [0.25, 0.3) is 0 Å². The second-order valence-corrected chi connectivity index (χ2v) is 7.53. The zero-order chi connectivity index (χ0) is 19.6. The van der Waals surface area contributed by atoms with E-state index in [0.29, 0.717) is 10.2 Å². The van der Waals surface area contributed by atoms with Crippen LogP contribution < -0.4 is 5.73 Å². The average Bonchev–Trinajstić information content (AvgIpc) is 3.05. The smallest absolute Gasteiger partial charge is 0.240 e. The molecule has 3 rings (SSSR count). The fraction of sp³-hybridized carbons (Fsp3) is 0.300. The van der Waals surface area contributed by atoms with Crippen LogP contribution in [0.2, 0.25) is 0 Å². The Balaban J connectivity index is 2.13. The number of carbonyl (C=O) groups excluding carboxylic acids is 1. The van der Waals surface area contributed by atoms with E-state index >= 15 is 0 Å². The summed E-state index contributed by atoms with van der Waals surface area (Å²) in [5.41, 5.74) is 5.90. The van der Waals surface area contributed by atoms with E-state index in [1.54, 1.807) is 12.1 Å². The third-order valence-electron chi connectivity index (χ3n) is 4.75. The summed E-state index contributed by atoms with van der Waals surface area (Å²) in [7, 11) is 0. The lowest BCUT2D eigenvalue weighted by Gasteiger charge is -2.37. The van der Waals surface area contributed by atoms with Crippen LogP contribution in [-0.4, -0.2) is 29.3 Å². The van der Waals surface area contributed by atoms with Crippen molar-refractivity contribution in [2.45, 2.75) is 31.5 Å². The fourth-order valence-electron chi connectivity index (χ4n) is 3.54. The summed E-state index contributed by atoms with van der Waals surface area (Å²) >= 11 is 3.33. The summed E-state index contributed by atoms with van der Waals surface area (Å²) in [6.07, 6.45) is -1.14.